The second-order valence-corrected chi connectivity index (χ2v) is 8.73. The van der Waals surface area contributed by atoms with Crippen LogP contribution in [-0.2, 0) is 11.2 Å². The number of carbonyl (C=O) groups is 2. The first-order valence-electron chi connectivity index (χ1n) is 10.2. The van der Waals surface area contributed by atoms with Gasteiger partial charge in [-0.3, -0.25) is 4.79 Å². The number of carboxylic acids is 1. The van der Waals surface area contributed by atoms with E-state index in [-0.39, 0.29) is 11.5 Å². The predicted molar refractivity (Wildman–Crippen MR) is 129 cm³/mol. The van der Waals surface area contributed by atoms with Crippen molar-refractivity contribution < 1.29 is 14.7 Å². The average molecular weight is 449 g/mol. The van der Waals surface area contributed by atoms with Gasteiger partial charge >= 0.3 is 5.97 Å². The number of fused-ring (bicyclic) bond motifs is 3. The quantitative estimate of drug-likeness (QED) is 0.376. The van der Waals surface area contributed by atoms with Crippen molar-refractivity contribution in [3.05, 3.63) is 65.0 Å². The third-order valence-corrected chi connectivity index (χ3v) is 6.03. The van der Waals surface area contributed by atoms with Gasteiger partial charge in [0.05, 0.1) is 17.5 Å². The van der Waals surface area contributed by atoms with E-state index >= 15 is 0 Å². The third kappa shape index (κ3) is 4.87. The predicted octanol–water partition coefficient (Wildman–Crippen LogP) is 4.11. The number of nitrogens with zero attached hydrogens (tertiary/aromatic N) is 2. The van der Waals surface area contributed by atoms with Crippen molar-refractivity contribution in [2.45, 2.75) is 6.42 Å². The topological polar surface area (TPSA) is 94.6 Å². The zero-order valence-corrected chi connectivity index (χ0v) is 18.7. The van der Waals surface area contributed by atoms with Crippen LogP contribution in [0.2, 0.25) is 0 Å². The molecule has 32 heavy (non-hydrogen) atoms. The summed E-state index contributed by atoms with van der Waals surface area (Å²) in [4.78, 5) is 30.3. The van der Waals surface area contributed by atoms with Gasteiger partial charge in [0.15, 0.2) is 0 Å². The molecule has 0 aliphatic rings. The largest absolute Gasteiger partial charge is 0.478 e. The Labute approximate surface area is 189 Å². The third-order valence-electron chi connectivity index (χ3n) is 5.08. The minimum Gasteiger partial charge on any atom is -0.478 e. The summed E-state index contributed by atoms with van der Waals surface area (Å²) in [6.45, 7) is 1.40. The van der Waals surface area contributed by atoms with Gasteiger partial charge in [0.1, 0.15) is 5.82 Å². The van der Waals surface area contributed by atoms with Crippen LogP contribution >= 0.6 is 11.3 Å². The van der Waals surface area contributed by atoms with Crippen LogP contribution in [0.1, 0.15) is 15.9 Å². The van der Waals surface area contributed by atoms with E-state index in [0.29, 0.717) is 24.3 Å². The number of rotatable bonds is 8. The number of benzene rings is 2. The SMILES string of the molecule is CN(C)CCNC(=O)Cc1cccc(Nc2nc3cc(C(=O)O)ccc3c3sccc23)c1. The fourth-order valence-electron chi connectivity index (χ4n) is 3.49. The Kier molecular flexibility index (Phi) is 6.34. The van der Waals surface area contributed by atoms with Crippen molar-refractivity contribution in [1.82, 2.24) is 15.2 Å². The number of aromatic carboxylic acids is 1. The standard InChI is InChI=1S/C24H24N4O3S/c1-28(2)10-9-25-21(29)13-15-4-3-5-17(12-15)26-23-19-8-11-32-22(19)18-7-6-16(24(30)31)14-20(18)27-23/h3-8,11-12,14H,9-10,13H2,1-2H3,(H,25,29)(H,26,27)(H,30,31). The maximum atomic E-state index is 12.2. The second kappa shape index (κ2) is 9.33. The van der Waals surface area contributed by atoms with E-state index in [1.807, 2.05) is 60.8 Å². The fourth-order valence-corrected chi connectivity index (χ4v) is 4.42. The van der Waals surface area contributed by atoms with Crippen molar-refractivity contribution in [1.29, 1.82) is 0 Å². The van der Waals surface area contributed by atoms with Gasteiger partial charge in [0, 0.05) is 34.2 Å². The van der Waals surface area contributed by atoms with Crippen LogP contribution in [0.25, 0.3) is 21.0 Å². The van der Waals surface area contributed by atoms with Gasteiger partial charge in [0.2, 0.25) is 5.91 Å². The Balaban J connectivity index is 1.59. The lowest BCUT2D eigenvalue weighted by atomic mass is 10.1. The van der Waals surface area contributed by atoms with Gasteiger partial charge in [-0.25, -0.2) is 9.78 Å². The molecular formula is C24H24N4O3S. The lowest BCUT2D eigenvalue weighted by Crippen LogP contribution is -2.32. The minimum atomic E-state index is -0.981. The summed E-state index contributed by atoms with van der Waals surface area (Å²) in [7, 11) is 3.93. The number of aromatic nitrogens is 1. The summed E-state index contributed by atoms with van der Waals surface area (Å²) in [6, 6.07) is 14.7. The number of anilines is 2. The van der Waals surface area contributed by atoms with Crippen LogP contribution in [0, 0.1) is 0 Å². The maximum absolute atomic E-state index is 12.2. The highest BCUT2D eigenvalue weighted by molar-refractivity contribution is 7.18. The number of pyridine rings is 1. The van der Waals surface area contributed by atoms with Gasteiger partial charge in [0.25, 0.3) is 0 Å². The summed E-state index contributed by atoms with van der Waals surface area (Å²) in [5, 5.41) is 19.5. The molecule has 4 aromatic rings. The molecule has 0 aliphatic heterocycles. The lowest BCUT2D eigenvalue weighted by Gasteiger charge is -2.12. The van der Waals surface area contributed by atoms with E-state index in [4.69, 9.17) is 4.98 Å². The molecule has 0 bridgehead atoms. The molecule has 0 atom stereocenters. The monoisotopic (exact) mass is 448 g/mol. The van der Waals surface area contributed by atoms with E-state index in [1.54, 1.807) is 23.5 Å². The summed E-state index contributed by atoms with van der Waals surface area (Å²) < 4.78 is 1.05. The van der Waals surface area contributed by atoms with Crippen molar-refractivity contribution in [3.63, 3.8) is 0 Å². The Morgan fingerprint density at radius 3 is 2.72 bits per heavy atom. The molecule has 1 amide bonds. The summed E-state index contributed by atoms with van der Waals surface area (Å²) in [5.41, 5.74) is 2.54. The summed E-state index contributed by atoms with van der Waals surface area (Å²) in [5.74, 6) is -0.343. The Morgan fingerprint density at radius 2 is 1.94 bits per heavy atom. The second-order valence-electron chi connectivity index (χ2n) is 7.82. The molecule has 0 fully saturated rings. The first-order valence-corrected chi connectivity index (χ1v) is 11.1. The van der Waals surface area contributed by atoms with Gasteiger partial charge in [-0.15, -0.1) is 11.3 Å². The Bertz CT molecular complexity index is 1300. The fraction of sp³-hybridized carbons (Fsp3) is 0.208. The molecule has 7 nitrogen and oxygen atoms in total. The number of hydrogen-bond donors (Lipinski definition) is 3. The highest BCUT2D eigenvalue weighted by Gasteiger charge is 2.13. The van der Waals surface area contributed by atoms with E-state index in [0.717, 1.165) is 33.3 Å². The van der Waals surface area contributed by atoms with Gasteiger partial charge in [-0.1, -0.05) is 18.2 Å². The molecule has 8 heteroatoms. The maximum Gasteiger partial charge on any atom is 0.335 e. The van der Waals surface area contributed by atoms with Gasteiger partial charge in [-0.05, 0) is 55.4 Å². The number of thiophene rings is 1. The molecule has 0 unspecified atom stereocenters. The minimum absolute atomic E-state index is 0.0192. The smallest absolute Gasteiger partial charge is 0.335 e. The molecule has 2 aromatic heterocycles. The van der Waals surface area contributed by atoms with Crippen molar-refractivity contribution >= 4 is 55.7 Å². The molecule has 3 N–H and O–H groups in total. The van der Waals surface area contributed by atoms with Crippen LogP contribution in [0.15, 0.2) is 53.9 Å². The van der Waals surface area contributed by atoms with E-state index in [1.165, 1.54) is 0 Å². The van der Waals surface area contributed by atoms with E-state index in [9.17, 15) is 14.7 Å². The molecule has 0 radical (unpaired) electrons. The first-order chi connectivity index (χ1) is 15.4. The molecule has 0 spiro atoms. The van der Waals surface area contributed by atoms with Crippen molar-refractivity contribution in [2.24, 2.45) is 0 Å². The number of likely N-dealkylation sites (N-methyl/N-ethyl adjacent to an activating group) is 1. The van der Waals surface area contributed by atoms with Crippen LogP contribution in [0.5, 0.6) is 0 Å². The van der Waals surface area contributed by atoms with Crippen LogP contribution < -0.4 is 10.6 Å². The number of nitrogens with one attached hydrogen (secondary N) is 2. The zero-order chi connectivity index (χ0) is 22.7. The van der Waals surface area contributed by atoms with E-state index in [2.05, 4.69) is 10.6 Å². The molecule has 4 rings (SSSR count). The number of carbonyl (C=O) groups excluding carboxylic acids is 1. The van der Waals surface area contributed by atoms with Gasteiger partial charge < -0.3 is 20.6 Å². The van der Waals surface area contributed by atoms with Crippen LogP contribution in [0.3, 0.4) is 0 Å². The Morgan fingerprint density at radius 1 is 1.09 bits per heavy atom. The summed E-state index contributed by atoms with van der Waals surface area (Å²) >= 11 is 1.59. The highest BCUT2D eigenvalue weighted by atomic mass is 32.1. The van der Waals surface area contributed by atoms with E-state index < -0.39 is 5.97 Å². The number of amides is 1. The van der Waals surface area contributed by atoms with Crippen LogP contribution in [-0.4, -0.2) is 54.1 Å². The molecule has 2 heterocycles. The van der Waals surface area contributed by atoms with Crippen LogP contribution in [0.4, 0.5) is 11.5 Å². The molecule has 0 saturated carbocycles. The highest BCUT2D eigenvalue weighted by Crippen LogP contribution is 2.35. The first kappa shape index (κ1) is 21.7. The van der Waals surface area contributed by atoms with Gasteiger partial charge in [-0.2, -0.15) is 0 Å². The molecule has 164 valence electrons. The van der Waals surface area contributed by atoms with Crippen molar-refractivity contribution in [2.75, 3.05) is 32.5 Å². The summed E-state index contributed by atoms with van der Waals surface area (Å²) in [6.07, 6.45) is 0.296. The number of carboxylic acid groups (broad SMARTS) is 1. The van der Waals surface area contributed by atoms with Crippen molar-refractivity contribution in [3.8, 4) is 0 Å². The molecule has 2 aromatic carbocycles. The molecule has 0 saturated heterocycles. The lowest BCUT2D eigenvalue weighted by molar-refractivity contribution is -0.120. The normalized spacial score (nSPS) is 11.2. The number of hydrogen-bond acceptors (Lipinski definition) is 6. The average Bonchev–Trinajstić information content (AvgIpc) is 3.24. The zero-order valence-electron chi connectivity index (χ0n) is 17.9. The molecular weight excluding hydrogens is 424 g/mol. The Hall–Kier alpha value is -3.49. The molecule has 0 aliphatic carbocycles.